The molecule has 0 bridgehead atoms. The highest BCUT2D eigenvalue weighted by Gasteiger charge is 2.39. The Bertz CT molecular complexity index is 551. The summed E-state index contributed by atoms with van der Waals surface area (Å²) in [5.41, 5.74) is -0.170. The van der Waals surface area contributed by atoms with Crippen molar-refractivity contribution in [2.24, 2.45) is 5.41 Å². The molecule has 0 aliphatic rings. The molecule has 0 unspecified atom stereocenters. The molecule has 0 spiro atoms. The van der Waals surface area contributed by atoms with Gasteiger partial charge in [-0.3, -0.25) is 9.59 Å². The number of ether oxygens (including phenoxy) is 2. The summed E-state index contributed by atoms with van der Waals surface area (Å²) in [7, 11) is 0. The molecule has 0 aliphatic carbocycles. The average Bonchev–Trinajstić information content (AvgIpc) is 2.69. The third-order valence-corrected chi connectivity index (χ3v) is 4.97. The fourth-order valence-electron chi connectivity index (χ4n) is 2.93. The monoisotopic (exact) mass is 390 g/mol. The Morgan fingerprint density at radius 2 is 1.25 bits per heavy atom. The summed E-state index contributed by atoms with van der Waals surface area (Å²) >= 11 is 0. The van der Waals surface area contributed by atoms with E-state index >= 15 is 0 Å². The number of hydrogen-bond donors (Lipinski definition) is 0. The Labute approximate surface area is 171 Å². The maximum atomic E-state index is 12.3. The molecule has 0 radical (unpaired) electrons. The number of rotatable bonds is 15. The molecule has 0 amide bonds. The quantitative estimate of drug-likeness (QED) is 0.213. The second-order valence-corrected chi connectivity index (χ2v) is 7.96. The fraction of sp³-hybridized carbons (Fsp3) is 0.667. The summed E-state index contributed by atoms with van der Waals surface area (Å²) in [6, 6.07) is 9.81. The van der Waals surface area contributed by atoms with E-state index < -0.39 is 17.4 Å². The summed E-state index contributed by atoms with van der Waals surface area (Å²) in [6.45, 7) is 5.99. The maximum absolute atomic E-state index is 12.3. The van der Waals surface area contributed by atoms with Gasteiger partial charge in [0, 0.05) is 6.42 Å². The maximum Gasteiger partial charge on any atom is 0.322 e. The van der Waals surface area contributed by atoms with Crippen LogP contribution in [0.5, 0.6) is 0 Å². The number of hydrogen-bond acceptors (Lipinski definition) is 4. The molecule has 1 rings (SSSR count). The summed E-state index contributed by atoms with van der Waals surface area (Å²) in [5.74, 6) is -1.03. The lowest BCUT2D eigenvalue weighted by atomic mass is 9.94. The zero-order chi connectivity index (χ0) is 20.7. The van der Waals surface area contributed by atoms with E-state index in [0.29, 0.717) is 13.0 Å². The lowest BCUT2D eigenvalue weighted by Gasteiger charge is -2.20. The molecule has 0 atom stereocenters. The van der Waals surface area contributed by atoms with Crippen LogP contribution in [0.4, 0.5) is 0 Å². The Morgan fingerprint density at radius 3 is 1.82 bits per heavy atom. The van der Waals surface area contributed by atoms with Gasteiger partial charge in [-0.1, -0.05) is 88.6 Å². The van der Waals surface area contributed by atoms with Crippen LogP contribution in [0.25, 0.3) is 0 Å². The molecule has 0 saturated carbocycles. The van der Waals surface area contributed by atoms with Gasteiger partial charge in [0.15, 0.2) is 5.41 Å². The minimum atomic E-state index is -1.27. The van der Waals surface area contributed by atoms with Crippen LogP contribution in [-0.4, -0.2) is 25.2 Å². The first-order valence-corrected chi connectivity index (χ1v) is 10.9. The fourth-order valence-corrected chi connectivity index (χ4v) is 2.93. The lowest BCUT2D eigenvalue weighted by Crippen LogP contribution is -2.37. The number of benzene rings is 1. The molecule has 4 heteroatoms. The SMILES string of the molecule is CCCCCCCCCCCOC(=O)C(C)(C)C(=O)OCCc1ccccc1. The third-order valence-electron chi connectivity index (χ3n) is 4.97. The van der Waals surface area contributed by atoms with Crippen molar-refractivity contribution in [3.8, 4) is 0 Å². The number of unbranched alkanes of at least 4 members (excludes halogenated alkanes) is 8. The van der Waals surface area contributed by atoms with Crippen molar-refractivity contribution in [3.05, 3.63) is 35.9 Å². The predicted molar refractivity (Wildman–Crippen MR) is 113 cm³/mol. The van der Waals surface area contributed by atoms with Crippen molar-refractivity contribution in [1.82, 2.24) is 0 Å². The first kappa shape index (κ1) is 24.2. The van der Waals surface area contributed by atoms with Gasteiger partial charge in [0.2, 0.25) is 0 Å². The molecule has 158 valence electrons. The van der Waals surface area contributed by atoms with Gasteiger partial charge in [0.25, 0.3) is 0 Å². The Balaban J connectivity index is 2.13. The van der Waals surface area contributed by atoms with Gasteiger partial charge in [-0.25, -0.2) is 0 Å². The molecule has 0 saturated heterocycles. The summed E-state index contributed by atoms with van der Waals surface area (Å²) < 4.78 is 10.6. The number of carbonyl (C=O) groups is 2. The minimum Gasteiger partial charge on any atom is -0.465 e. The van der Waals surface area contributed by atoms with Crippen LogP contribution in [0.15, 0.2) is 30.3 Å². The van der Waals surface area contributed by atoms with Crippen molar-refractivity contribution in [2.45, 2.75) is 85.0 Å². The highest BCUT2D eigenvalue weighted by atomic mass is 16.6. The van der Waals surface area contributed by atoms with E-state index in [9.17, 15) is 9.59 Å². The Kier molecular flexibility index (Phi) is 12.3. The molecular weight excluding hydrogens is 352 g/mol. The zero-order valence-corrected chi connectivity index (χ0v) is 18.0. The average molecular weight is 391 g/mol. The molecule has 4 nitrogen and oxygen atoms in total. The van der Waals surface area contributed by atoms with Crippen LogP contribution in [0.3, 0.4) is 0 Å². The largest absolute Gasteiger partial charge is 0.465 e. The van der Waals surface area contributed by atoms with E-state index in [1.165, 1.54) is 44.9 Å². The predicted octanol–water partition coefficient (Wildman–Crippen LogP) is 5.87. The van der Waals surface area contributed by atoms with Crippen molar-refractivity contribution in [3.63, 3.8) is 0 Å². The van der Waals surface area contributed by atoms with Crippen molar-refractivity contribution in [2.75, 3.05) is 13.2 Å². The van der Waals surface area contributed by atoms with Gasteiger partial charge in [-0.05, 0) is 25.8 Å². The van der Waals surface area contributed by atoms with Crippen LogP contribution >= 0.6 is 0 Å². The van der Waals surface area contributed by atoms with Crippen LogP contribution in [0.2, 0.25) is 0 Å². The second-order valence-electron chi connectivity index (χ2n) is 7.96. The van der Waals surface area contributed by atoms with Crippen molar-refractivity contribution in [1.29, 1.82) is 0 Å². The summed E-state index contributed by atoms with van der Waals surface area (Å²) in [4.78, 5) is 24.5. The highest BCUT2D eigenvalue weighted by molar-refractivity contribution is 5.99. The molecule has 0 aliphatic heterocycles. The van der Waals surface area contributed by atoms with E-state index in [4.69, 9.17) is 9.47 Å². The van der Waals surface area contributed by atoms with Crippen LogP contribution in [-0.2, 0) is 25.5 Å². The lowest BCUT2D eigenvalue weighted by molar-refractivity contribution is -0.169. The first-order valence-electron chi connectivity index (χ1n) is 10.9. The summed E-state index contributed by atoms with van der Waals surface area (Å²) in [5, 5.41) is 0. The zero-order valence-electron chi connectivity index (χ0n) is 18.0. The van der Waals surface area contributed by atoms with Gasteiger partial charge in [-0.2, -0.15) is 0 Å². The standard InChI is InChI=1S/C24H38O4/c1-4-5-6-7-8-9-10-11-15-19-27-22(25)24(2,3)23(26)28-20-18-21-16-13-12-14-17-21/h12-14,16-17H,4-11,15,18-20H2,1-3H3. The molecular formula is C24H38O4. The summed E-state index contributed by atoms with van der Waals surface area (Å²) in [6.07, 6.45) is 11.5. The molecule has 0 fully saturated rings. The van der Waals surface area contributed by atoms with E-state index in [1.54, 1.807) is 13.8 Å². The van der Waals surface area contributed by atoms with Crippen LogP contribution in [0.1, 0.15) is 84.1 Å². The molecule has 0 N–H and O–H groups in total. The second kappa shape index (κ2) is 14.2. The van der Waals surface area contributed by atoms with Crippen LogP contribution < -0.4 is 0 Å². The third kappa shape index (κ3) is 9.91. The molecule has 1 aromatic carbocycles. The van der Waals surface area contributed by atoms with Crippen molar-refractivity contribution < 1.29 is 19.1 Å². The number of carbonyl (C=O) groups excluding carboxylic acids is 2. The molecule has 28 heavy (non-hydrogen) atoms. The van der Waals surface area contributed by atoms with Gasteiger partial charge < -0.3 is 9.47 Å². The van der Waals surface area contributed by atoms with Gasteiger partial charge in [0.05, 0.1) is 13.2 Å². The smallest absolute Gasteiger partial charge is 0.322 e. The minimum absolute atomic E-state index is 0.262. The molecule has 0 aromatic heterocycles. The normalized spacial score (nSPS) is 11.2. The van der Waals surface area contributed by atoms with E-state index in [1.807, 2.05) is 30.3 Å². The van der Waals surface area contributed by atoms with Gasteiger partial charge in [0.1, 0.15) is 0 Å². The van der Waals surface area contributed by atoms with Gasteiger partial charge in [-0.15, -0.1) is 0 Å². The van der Waals surface area contributed by atoms with Crippen molar-refractivity contribution >= 4 is 11.9 Å². The topological polar surface area (TPSA) is 52.6 Å². The van der Waals surface area contributed by atoms with E-state index in [0.717, 1.165) is 18.4 Å². The Morgan fingerprint density at radius 1 is 0.750 bits per heavy atom. The first-order chi connectivity index (χ1) is 13.5. The van der Waals surface area contributed by atoms with Crippen LogP contribution in [0, 0.1) is 5.41 Å². The van der Waals surface area contributed by atoms with E-state index in [2.05, 4.69) is 6.92 Å². The number of esters is 2. The Hall–Kier alpha value is -1.84. The highest BCUT2D eigenvalue weighted by Crippen LogP contribution is 2.20. The molecule has 0 heterocycles. The molecule has 1 aromatic rings. The van der Waals surface area contributed by atoms with E-state index in [-0.39, 0.29) is 6.61 Å². The van der Waals surface area contributed by atoms with Gasteiger partial charge >= 0.3 is 11.9 Å².